The number of halogens is 2. The topological polar surface area (TPSA) is 0 Å². The van der Waals surface area contributed by atoms with E-state index in [1.54, 1.807) is 0 Å². The highest BCUT2D eigenvalue weighted by atomic mass is 35.5. The summed E-state index contributed by atoms with van der Waals surface area (Å²) >= 11 is 11.1. The van der Waals surface area contributed by atoms with Crippen LogP contribution in [0.25, 0.3) is 5.03 Å². The van der Waals surface area contributed by atoms with Crippen LogP contribution in [0.3, 0.4) is 0 Å². The van der Waals surface area contributed by atoms with Crippen LogP contribution in [0.5, 0.6) is 0 Å². The summed E-state index contributed by atoms with van der Waals surface area (Å²) in [6.07, 6.45) is 0. The van der Waals surface area contributed by atoms with Crippen molar-refractivity contribution >= 4 is 28.2 Å². The molecule has 0 N–H and O–H groups in total. The Morgan fingerprint density at radius 2 is 1.80 bits per heavy atom. The Morgan fingerprint density at radius 3 is 2.30 bits per heavy atom. The van der Waals surface area contributed by atoms with Crippen LogP contribution in [-0.4, -0.2) is 0 Å². The van der Waals surface area contributed by atoms with Crippen molar-refractivity contribution < 1.29 is 0 Å². The molecule has 0 nitrogen and oxygen atoms in total. The van der Waals surface area contributed by atoms with Gasteiger partial charge in [-0.25, -0.2) is 0 Å². The van der Waals surface area contributed by atoms with Crippen LogP contribution in [0.15, 0.2) is 35.9 Å². The van der Waals surface area contributed by atoms with Gasteiger partial charge in [0, 0.05) is 5.54 Å². The van der Waals surface area contributed by atoms with E-state index in [-0.39, 0.29) is 0 Å². The van der Waals surface area contributed by atoms with Crippen molar-refractivity contribution in [1.82, 2.24) is 0 Å². The Morgan fingerprint density at radius 1 is 1.20 bits per heavy atom. The third-order valence-corrected chi connectivity index (χ3v) is 1.80. The van der Waals surface area contributed by atoms with Gasteiger partial charge < -0.3 is 0 Å². The van der Waals surface area contributed by atoms with Gasteiger partial charge in [-0.1, -0.05) is 53.5 Å². The van der Waals surface area contributed by atoms with Crippen molar-refractivity contribution in [3.8, 4) is 0 Å². The second-order valence-corrected chi connectivity index (χ2v) is 2.45. The van der Waals surface area contributed by atoms with Crippen LogP contribution >= 0.6 is 23.2 Å². The Kier molecular flexibility index (Phi) is 2.79. The Balaban J connectivity index is 2.96. The molecule has 0 saturated heterocycles. The number of hydrogen-bond acceptors (Lipinski definition) is 0. The lowest BCUT2D eigenvalue weighted by molar-refractivity contribution is 1.65. The fourth-order valence-electron chi connectivity index (χ4n) is 0.660. The maximum Gasteiger partial charge on any atom is 0.0591 e. The zero-order chi connectivity index (χ0) is 7.40. The van der Waals surface area contributed by atoms with Gasteiger partial charge in [-0.05, 0) is 5.56 Å². The van der Waals surface area contributed by atoms with Crippen LogP contribution in [0.1, 0.15) is 5.56 Å². The zero-order valence-corrected chi connectivity index (χ0v) is 6.73. The van der Waals surface area contributed by atoms with E-state index in [0.29, 0.717) is 5.03 Å². The predicted octanol–water partition coefficient (Wildman–Crippen LogP) is 3.46. The van der Waals surface area contributed by atoms with Crippen molar-refractivity contribution in [3.05, 3.63) is 41.4 Å². The van der Waals surface area contributed by atoms with Crippen LogP contribution in [-0.2, 0) is 0 Å². The molecular weight excluding hydrogens is 167 g/mol. The molecule has 0 saturated carbocycles. The molecule has 0 fully saturated rings. The summed E-state index contributed by atoms with van der Waals surface area (Å²) in [5, 5.41) is 0.572. The average molecular weight is 173 g/mol. The summed E-state index contributed by atoms with van der Waals surface area (Å²) in [4.78, 5) is 0. The Hall–Kier alpha value is -0.460. The quantitative estimate of drug-likeness (QED) is 0.609. The van der Waals surface area contributed by atoms with Crippen molar-refractivity contribution in [1.29, 1.82) is 0 Å². The molecule has 0 spiro atoms. The summed E-state index contributed by atoms with van der Waals surface area (Å²) in [6.45, 7) is 0. The smallest absolute Gasteiger partial charge is 0.0591 e. The molecule has 0 unspecified atom stereocenters. The van der Waals surface area contributed by atoms with E-state index in [1.807, 2.05) is 30.3 Å². The lowest BCUT2D eigenvalue weighted by Crippen LogP contribution is -1.71. The molecule has 0 aromatic heterocycles. The molecule has 1 aromatic rings. The molecule has 0 aliphatic heterocycles. The monoisotopic (exact) mass is 172 g/mol. The molecule has 0 amide bonds. The minimum Gasteiger partial charge on any atom is -0.0913 e. The third kappa shape index (κ3) is 1.76. The second kappa shape index (κ2) is 3.65. The molecule has 2 heteroatoms. The first-order valence-electron chi connectivity index (χ1n) is 2.86. The average Bonchev–Trinajstić information content (AvgIpc) is 2.05. The molecule has 10 heavy (non-hydrogen) atoms. The Bertz CT molecular complexity index is 226. The molecule has 0 atom stereocenters. The third-order valence-electron chi connectivity index (χ3n) is 1.15. The predicted molar refractivity (Wildman–Crippen MR) is 46.1 cm³/mol. The van der Waals surface area contributed by atoms with E-state index >= 15 is 0 Å². The van der Waals surface area contributed by atoms with Gasteiger partial charge in [0.05, 0.1) is 5.03 Å². The fraction of sp³-hybridized carbons (Fsp3) is 0. The van der Waals surface area contributed by atoms with Gasteiger partial charge in [-0.2, -0.15) is 0 Å². The van der Waals surface area contributed by atoms with Gasteiger partial charge in [0.1, 0.15) is 0 Å². The normalized spacial score (nSPS) is 11.6. The van der Waals surface area contributed by atoms with Gasteiger partial charge in [-0.15, -0.1) is 0 Å². The molecule has 52 valence electrons. The molecule has 0 heterocycles. The molecule has 0 bridgehead atoms. The SMILES string of the molecule is ClC=C(Cl)c1ccccc1. The lowest BCUT2D eigenvalue weighted by atomic mass is 10.2. The van der Waals surface area contributed by atoms with Gasteiger partial charge in [0.15, 0.2) is 0 Å². The first-order chi connectivity index (χ1) is 4.84. The number of rotatable bonds is 1. The molecule has 0 aliphatic carbocycles. The van der Waals surface area contributed by atoms with E-state index in [2.05, 4.69) is 0 Å². The highest BCUT2D eigenvalue weighted by Gasteiger charge is 1.92. The first kappa shape index (κ1) is 7.64. The summed E-state index contributed by atoms with van der Waals surface area (Å²) in [5.41, 5.74) is 2.30. The van der Waals surface area contributed by atoms with Crippen molar-refractivity contribution in [3.63, 3.8) is 0 Å². The second-order valence-electron chi connectivity index (χ2n) is 1.82. The lowest BCUT2D eigenvalue weighted by Gasteiger charge is -1.93. The molecular formula is C8H6Cl2. The van der Waals surface area contributed by atoms with Crippen molar-refractivity contribution in [2.75, 3.05) is 0 Å². The minimum atomic E-state index is 0.572. The van der Waals surface area contributed by atoms with Crippen molar-refractivity contribution in [2.45, 2.75) is 0 Å². The number of benzene rings is 1. The summed E-state index contributed by atoms with van der Waals surface area (Å²) in [7, 11) is 0. The highest BCUT2D eigenvalue weighted by Crippen LogP contribution is 2.18. The minimum absolute atomic E-state index is 0.572. The molecule has 0 radical (unpaired) electrons. The molecule has 1 aromatic carbocycles. The van der Waals surface area contributed by atoms with Crippen molar-refractivity contribution in [2.24, 2.45) is 0 Å². The van der Waals surface area contributed by atoms with Gasteiger partial charge in [-0.3, -0.25) is 0 Å². The van der Waals surface area contributed by atoms with Crippen LogP contribution < -0.4 is 0 Å². The summed E-state index contributed by atoms with van der Waals surface area (Å²) in [5.74, 6) is 0. The Labute approximate surface area is 70.1 Å². The van der Waals surface area contributed by atoms with Crippen LogP contribution in [0.2, 0.25) is 0 Å². The highest BCUT2D eigenvalue weighted by molar-refractivity contribution is 6.52. The van der Waals surface area contributed by atoms with Crippen LogP contribution in [0, 0.1) is 0 Å². The van der Waals surface area contributed by atoms with E-state index in [0.717, 1.165) is 5.56 Å². The number of hydrogen-bond donors (Lipinski definition) is 0. The van der Waals surface area contributed by atoms with Gasteiger partial charge in [0.25, 0.3) is 0 Å². The molecule has 0 aliphatic rings. The fourth-order valence-corrected chi connectivity index (χ4v) is 0.912. The van der Waals surface area contributed by atoms with Crippen LogP contribution in [0.4, 0.5) is 0 Å². The van der Waals surface area contributed by atoms with Gasteiger partial charge >= 0.3 is 0 Å². The maximum atomic E-state index is 5.72. The largest absolute Gasteiger partial charge is 0.0913 e. The summed E-state index contributed by atoms with van der Waals surface area (Å²) < 4.78 is 0. The first-order valence-corrected chi connectivity index (χ1v) is 3.67. The summed E-state index contributed by atoms with van der Waals surface area (Å²) in [6, 6.07) is 9.57. The van der Waals surface area contributed by atoms with E-state index in [4.69, 9.17) is 23.2 Å². The van der Waals surface area contributed by atoms with E-state index < -0.39 is 0 Å². The van der Waals surface area contributed by atoms with E-state index in [1.165, 1.54) is 5.54 Å². The maximum absolute atomic E-state index is 5.72. The molecule has 1 rings (SSSR count). The zero-order valence-electron chi connectivity index (χ0n) is 5.22. The van der Waals surface area contributed by atoms with E-state index in [9.17, 15) is 0 Å². The van der Waals surface area contributed by atoms with Gasteiger partial charge in [0.2, 0.25) is 0 Å². The standard InChI is InChI=1S/C8H6Cl2/c9-6-8(10)7-4-2-1-3-5-7/h1-6H.